The number of carbonyl (C=O) groups is 1. The van der Waals surface area contributed by atoms with Crippen LogP contribution in [0.1, 0.15) is 45.1 Å². The molecule has 3 rings (SSSR count). The van der Waals surface area contributed by atoms with Gasteiger partial charge in [0.25, 0.3) is 10.0 Å². The Bertz CT molecular complexity index is 956. The van der Waals surface area contributed by atoms with Gasteiger partial charge in [-0.1, -0.05) is 24.6 Å². The molecule has 30 heavy (non-hydrogen) atoms. The first-order valence-electron chi connectivity index (χ1n) is 10.6. The van der Waals surface area contributed by atoms with Gasteiger partial charge >= 0.3 is 0 Å². The van der Waals surface area contributed by atoms with E-state index in [-0.39, 0.29) is 16.8 Å². The monoisotopic (exact) mass is 429 g/mol. The number of benzene rings is 2. The third-order valence-electron chi connectivity index (χ3n) is 5.60. The number of likely N-dealkylation sites (tertiary alicyclic amines) is 1. The summed E-state index contributed by atoms with van der Waals surface area (Å²) in [5, 5.41) is 3.24. The fourth-order valence-electron chi connectivity index (χ4n) is 3.84. The molecule has 1 amide bonds. The number of hydrogen-bond donors (Lipinski definition) is 2. The first kappa shape index (κ1) is 22.2. The van der Waals surface area contributed by atoms with Gasteiger partial charge in [0.05, 0.1) is 4.90 Å². The second kappa shape index (κ2) is 9.51. The van der Waals surface area contributed by atoms with E-state index >= 15 is 0 Å². The molecule has 1 aliphatic heterocycles. The molecular weight excluding hydrogens is 398 g/mol. The van der Waals surface area contributed by atoms with Crippen molar-refractivity contribution in [1.29, 1.82) is 0 Å². The summed E-state index contributed by atoms with van der Waals surface area (Å²) in [5.74, 6) is 0.116. The molecule has 0 aromatic heterocycles. The number of sulfonamides is 1. The minimum absolute atomic E-state index is 0.116. The molecule has 2 atom stereocenters. The minimum atomic E-state index is -3.63. The largest absolute Gasteiger partial charge is 0.374 e. The van der Waals surface area contributed by atoms with Gasteiger partial charge < -0.3 is 10.2 Å². The maximum absolute atomic E-state index is 12.9. The molecule has 1 heterocycles. The molecule has 1 fully saturated rings. The normalized spacial score (nSPS) is 18.0. The van der Waals surface area contributed by atoms with Crippen molar-refractivity contribution < 1.29 is 13.2 Å². The highest BCUT2D eigenvalue weighted by atomic mass is 32.2. The Kier molecular flexibility index (Phi) is 7.02. The van der Waals surface area contributed by atoms with Crippen LogP contribution in [0.25, 0.3) is 0 Å². The van der Waals surface area contributed by atoms with Crippen molar-refractivity contribution in [3.8, 4) is 0 Å². The van der Waals surface area contributed by atoms with Crippen molar-refractivity contribution in [2.24, 2.45) is 0 Å². The molecule has 0 saturated carbocycles. The number of amides is 1. The molecule has 1 saturated heterocycles. The van der Waals surface area contributed by atoms with Crippen LogP contribution in [0.3, 0.4) is 0 Å². The van der Waals surface area contributed by atoms with Crippen LogP contribution in [-0.4, -0.2) is 37.9 Å². The van der Waals surface area contributed by atoms with Gasteiger partial charge in [0.2, 0.25) is 5.91 Å². The van der Waals surface area contributed by atoms with Crippen molar-refractivity contribution in [2.45, 2.75) is 63.4 Å². The summed E-state index contributed by atoms with van der Waals surface area (Å²) >= 11 is 0. The van der Waals surface area contributed by atoms with Crippen LogP contribution >= 0.6 is 0 Å². The molecule has 2 unspecified atom stereocenters. The Balaban J connectivity index is 1.62. The summed E-state index contributed by atoms with van der Waals surface area (Å²) < 4.78 is 27.6. The molecule has 0 spiro atoms. The van der Waals surface area contributed by atoms with E-state index in [1.54, 1.807) is 48.5 Å². The number of aryl methyl sites for hydroxylation is 1. The van der Waals surface area contributed by atoms with Gasteiger partial charge in [0.1, 0.15) is 6.04 Å². The predicted octanol–water partition coefficient (Wildman–Crippen LogP) is 4.39. The summed E-state index contributed by atoms with van der Waals surface area (Å²) in [6.07, 6.45) is 4.30. The maximum atomic E-state index is 12.9. The van der Waals surface area contributed by atoms with Gasteiger partial charge in [0.15, 0.2) is 0 Å². The highest BCUT2D eigenvalue weighted by Crippen LogP contribution is 2.22. The predicted molar refractivity (Wildman–Crippen MR) is 121 cm³/mol. The summed E-state index contributed by atoms with van der Waals surface area (Å²) in [7, 11) is -3.63. The van der Waals surface area contributed by atoms with Crippen molar-refractivity contribution in [1.82, 2.24) is 4.90 Å². The van der Waals surface area contributed by atoms with E-state index in [1.165, 1.54) is 6.42 Å². The average Bonchev–Trinajstić information content (AvgIpc) is 2.74. The molecule has 162 valence electrons. The Hall–Kier alpha value is -2.54. The lowest BCUT2D eigenvalue weighted by molar-refractivity contribution is -0.135. The zero-order valence-corrected chi connectivity index (χ0v) is 18.7. The Morgan fingerprint density at radius 2 is 1.70 bits per heavy atom. The number of hydrogen-bond acceptors (Lipinski definition) is 4. The first-order chi connectivity index (χ1) is 14.3. The van der Waals surface area contributed by atoms with E-state index in [2.05, 4.69) is 17.0 Å². The lowest BCUT2D eigenvalue weighted by atomic mass is 9.99. The zero-order chi connectivity index (χ0) is 21.7. The molecule has 2 aromatic rings. The van der Waals surface area contributed by atoms with Crippen LogP contribution in [0, 0.1) is 6.92 Å². The van der Waals surface area contributed by atoms with Crippen molar-refractivity contribution in [3.63, 3.8) is 0 Å². The summed E-state index contributed by atoms with van der Waals surface area (Å²) in [5.41, 5.74) is 2.25. The minimum Gasteiger partial charge on any atom is -0.374 e. The molecule has 0 aliphatic carbocycles. The van der Waals surface area contributed by atoms with Crippen molar-refractivity contribution >= 4 is 27.3 Å². The fraction of sp³-hybridized carbons (Fsp3) is 0.435. The van der Waals surface area contributed by atoms with Crippen LogP contribution in [0.2, 0.25) is 0 Å². The number of anilines is 2. The SMILES string of the molecule is CCC1CCCCN1C(=O)C(C)Nc1ccc(NS(=O)(=O)c2ccc(C)cc2)cc1. The lowest BCUT2D eigenvalue weighted by Gasteiger charge is -2.37. The van der Waals surface area contributed by atoms with Gasteiger partial charge in [0, 0.05) is 24.0 Å². The highest BCUT2D eigenvalue weighted by molar-refractivity contribution is 7.92. The Labute approximate surface area is 179 Å². The Morgan fingerprint density at radius 1 is 1.07 bits per heavy atom. The van der Waals surface area contributed by atoms with Crippen LogP contribution in [0.4, 0.5) is 11.4 Å². The van der Waals surface area contributed by atoms with Crippen molar-refractivity contribution in [2.75, 3.05) is 16.6 Å². The van der Waals surface area contributed by atoms with Crippen molar-refractivity contribution in [3.05, 3.63) is 54.1 Å². The van der Waals surface area contributed by atoms with Crippen LogP contribution in [0.5, 0.6) is 0 Å². The quantitative estimate of drug-likeness (QED) is 0.684. The third kappa shape index (κ3) is 5.33. The fourth-order valence-corrected chi connectivity index (χ4v) is 4.90. The number of carbonyl (C=O) groups excluding carboxylic acids is 1. The average molecular weight is 430 g/mol. The van der Waals surface area contributed by atoms with E-state index in [1.807, 2.05) is 18.7 Å². The molecule has 6 nitrogen and oxygen atoms in total. The zero-order valence-electron chi connectivity index (χ0n) is 17.9. The molecule has 1 aliphatic rings. The molecule has 0 radical (unpaired) electrons. The van der Waals surface area contributed by atoms with Crippen LogP contribution < -0.4 is 10.0 Å². The molecule has 2 aromatic carbocycles. The van der Waals surface area contributed by atoms with Crippen LogP contribution in [-0.2, 0) is 14.8 Å². The summed E-state index contributed by atoms with van der Waals surface area (Å²) in [6.45, 7) is 6.74. The first-order valence-corrected chi connectivity index (χ1v) is 12.0. The number of piperidine rings is 1. The third-order valence-corrected chi connectivity index (χ3v) is 7.00. The van der Waals surface area contributed by atoms with E-state index in [4.69, 9.17) is 0 Å². The smallest absolute Gasteiger partial charge is 0.261 e. The number of nitrogens with one attached hydrogen (secondary N) is 2. The highest BCUT2D eigenvalue weighted by Gasteiger charge is 2.28. The summed E-state index contributed by atoms with van der Waals surface area (Å²) in [4.78, 5) is 15.1. The number of nitrogens with zero attached hydrogens (tertiary/aromatic N) is 1. The van der Waals surface area contributed by atoms with E-state index < -0.39 is 10.0 Å². The standard InChI is InChI=1S/C23H31N3O3S/c1-4-21-7-5-6-16-26(21)23(27)18(3)24-19-10-12-20(13-11-19)25-30(28,29)22-14-8-17(2)9-15-22/h8-15,18,21,24-25H,4-7,16H2,1-3H3. The van der Waals surface area contributed by atoms with Gasteiger partial charge in [-0.25, -0.2) is 8.42 Å². The van der Waals surface area contributed by atoms with Gasteiger partial charge in [-0.3, -0.25) is 9.52 Å². The topological polar surface area (TPSA) is 78.5 Å². The lowest BCUT2D eigenvalue weighted by Crippen LogP contribution is -2.49. The van der Waals surface area contributed by atoms with E-state index in [0.717, 1.165) is 37.1 Å². The van der Waals surface area contributed by atoms with Gasteiger partial charge in [-0.05, 0) is 75.9 Å². The molecule has 2 N–H and O–H groups in total. The van der Waals surface area contributed by atoms with Crippen LogP contribution in [0.15, 0.2) is 53.4 Å². The van der Waals surface area contributed by atoms with Gasteiger partial charge in [-0.2, -0.15) is 0 Å². The van der Waals surface area contributed by atoms with E-state index in [0.29, 0.717) is 11.7 Å². The molecular formula is C23H31N3O3S. The summed E-state index contributed by atoms with van der Waals surface area (Å²) in [6, 6.07) is 13.7. The van der Waals surface area contributed by atoms with Gasteiger partial charge in [-0.15, -0.1) is 0 Å². The maximum Gasteiger partial charge on any atom is 0.261 e. The Morgan fingerprint density at radius 3 is 2.33 bits per heavy atom. The molecule has 0 bridgehead atoms. The van der Waals surface area contributed by atoms with E-state index in [9.17, 15) is 13.2 Å². The second-order valence-corrected chi connectivity index (χ2v) is 9.63. The molecule has 7 heteroatoms. The second-order valence-electron chi connectivity index (χ2n) is 7.95. The number of rotatable bonds is 7.